The van der Waals surface area contributed by atoms with E-state index in [0.717, 1.165) is 6.42 Å². The van der Waals surface area contributed by atoms with Crippen LogP contribution in [0.15, 0.2) is 0 Å². The second kappa shape index (κ2) is 5.59. The number of carbonyl (C=O) groups is 3. The Kier molecular flexibility index (Phi) is 4.07. The van der Waals surface area contributed by atoms with E-state index in [2.05, 4.69) is 0 Å². The molecule has 2 N–H and O–H groups in total. The van der Waals surface area contributed by atoms with Crippen molar-refractivity contribution in [1.29, 1.82) is 0 Å². The lowest BCUT2D eigenvalue weighted by atomic mass is 9.96. The number of carbonyl (C=O) groups excluding carboxylic acids is 3. The number of esters is 1. The number of ether oxygens (including phenoxy) is 1. The fourth-order valence-electron chi connectivity index (χ4n) is 2.40. The largest absolute Gasteiger partial charge is 0.455 e. The van der Waals surface area contributed by atoms with Crippen LogP contribution in [0.5, 0.6) is 0 Å². The zero-order chi connectivity index (χ0) is 14.0. The van der Waals surface area contributed by atoms with Crippen molar-refractivity contribution in [2.75, 3.05) is 19.7 Å². The van der Waals surface area contributed by atoms with Crippen molar-refractivity contribution in [1.82, 2.24) is 4.90 Å². The highest BCUT2D eigenvalue weighted by Gasteiger charge is 2.40. The molecule has 1 heterocycles. The van der Waals surface area contributed by atoms with Crippen molar-refractivity contribution in [2.24, 2.45) is 23.5 Å². The van der Waals surface area contributed by atoms with Crippen LogP contribution in [0, 0.1) is 17.8 Å². The molecule has 6 heteroatoms. The molecule has 0 aromatic carbocycles. The highest BCUT2D eigenvalue weighted by Crippen LogP contribution is 2.38. The SMILES string of the molecule is C[C@@H]1C[C@@H]1C(=O)OCC(=O)N1CCC(C(N)=O)CC1. The predicted molar refractivity (Wildman–Crippen MR) is 66.7 cm³/mol. The van der Waals surface area contributed by atoms with E-state index in [9.17, 15) is 14.4 Å². The summed E-state index contributed by atoms with van der Waals surface area (Å²) in [4.78, 5) is 36.0. The Bertz CT molecular complexity index is 388. The van der Waals surface area contributed by atoms with Gasteiger partial charge in [0.05, 0.1) is 5.92 Å². The van der Waals surface area contributed by atoms with E-state index in [1.807, 2.05) is 6.92 Å². The lowest BCUT2D eigenvalue weighted by Gasteiger charge is -2.30. The summed E-state index contributed by atoms with van der Waals surface area (Å²) in [6.45, 7) is 2.80. The van der Waals surface area contributed by atoms with Gasteiger partial charge in [0.15, 0.2) is 6.61 Å². The molecule has 0 spiro atoms. The molecule has 1 saturated heterocycles. The third-order valence-corrected chi connectivity index (χ3v) is 4.00. The van der Waals surface area contributed by atoms with E-state index in [0.29, 0.717) is 31.8 Å². The van der Waals surface area contributed by atoms with Gasteiger partial charge in [0.1, 0.15) is 0 Å². The van der Waals surface area contributed by atoms with E-state index in [-0.39, 0.29) is 36.2 Å². The van der Waals surface area contributed by atoms with Gasteiger partial charge < -0.3 is 15.4 Å². The number of piperidine rings is 1. The Labute approximate surface area is 112 Å². The quantitative estimate of drug-likeness (QED) is 0.721. The van der Waals surface area contributed by atoms with Crippen molar-refractivity contribution < 1.29 is 19.1 Å². The minimum absolute atomic E-state index is 0.0200. The fraction of sp³-hybridized carbons (Fsp3) is 0.769. The van der Waals surface area contributed by atoms with Crippen molar-refractivity contribution >= 4 is 17.8 Å². The Morgan fingerprint density at radius 3 is 2.32 bits per heavy atom. The normalized spacial score (nSPS) is 26.9. The Balaban J connectivity index is 1.69. The van der Waals surface area contributed by atoms with Crippen LogP contribution in [0.25, 0.3) is 0 Å². The van der Waals surface area contributed by atoms with E-state index in [4.69, 9.17) is 10.5 Å². The number of rotatable bonds is 4. The van der Waals surface area contributed by atoms with Gasteiger partial charge in [-0.25, -0.2) is 0 Å². The average molecular weight is 268 g/mol. The molecule has 0 bridgehead atoms. The summed E-state index contributed by atoms with van der Waals surface area (Å²) >= 11 is 0. The monoisotopic (exact) mass is 268 g/mol. The van der Waals surface area contributed by atoms with Gasteiger partial charge in [0.2, 0.25) is 5.91 Å². The Hall–Kier alpha value is -1.59. The molecule has 0 unspecified atom stereocenters. The van der Waals surface area contributed by atoms with Gasteiger partial charge >= 0.3 is 5.97 Å². The zero-order valence-corrected chi connectivity index (χ0v) is 11.1. The summed E-state index contributed by atoms with van der Waals surface area (Å²) in [5.41, 5.74) is 5.23. The summed E-state index contributed by atoms with van der Waals surface area (Å²) < 4.78 is 5.00. The molecule has 1 aliphatic heterocycles. The van der Waals surface area contributed by atoms with Crippen molar-refractivity contribution in [3.05, 3.63) is 0 Å². The first kappa shape index (κ1) is 13.8. The average Bonchev–Trinajstić information content (AvgIpc) is 3.13. The third-order valence-electron chi connectivity index (χ3n) is 4.00. The van der Waals surface area contributed by atoms with Crippen LogP contribution in [0.2, 0.25) is 0 Å². The second-order valence-corrected chi connectivity index (χ2v) is 5.48. The van der Waals surface area contributed by atoms with Crippen LogP contribution in [0.1, 0.15) is 26.2 Å². The molecular formula is C13H20N2O4. The van der Waals surface area contributed by atoms with Gasteiger partial charge in [0, 0.05) is 19.0 Å². The molecule has 0 aromatic heterocycles. The summed E-state index contributed by atoms with van der Waals surface area (Å²) in [6.07, 6.45) is 2.04. The summed E-state index contributed by atoms with van der Waals surface area (Å²) in [6, 6.07) is 0. The van der Waals surface area contributed by atoms with E-state index >= 15 is 0 Å². The number of nitrogens with zero attached hydrogens (tertiary/aromatic N) is 1. The molecule has 19 heavy (non-hydrogen) atoms. The number of amides is 2. The molecule has 2 fully saturated rings. The van der Waals surface area contributed by atoms with Gasteiger partial charge in [-0.05, 0) is 25.2 Å². The topological polar surface area (TPSA) is 89.7 Å². The Morgan fingerprint density at radius 2 is 1.84 bits per heavy atom. The maximum Gasteiger partial charge on any atom is 0.309 e. The van der Waals surface area contributed by atoms with Gasteiger partial charge in [-0.2, -0.15) is 0 Å². The fourth-order valence-corrected chi connectivity index (χ4v) is 2.40. The number of hydrogen-bond acceptors (Lipinski definition) is 4. The van der Waals surface area contributed by atoms with Crippen molar-refractivity contribution in [2.45, 2.75) is 26.2 Å². The van der Waals surface area contributed by atoms with Crippen molar-refractivity contribution in [3.8, 4) is 0 Å². The number of hydrogen-bond donors (Lipinski definition) is 1. The van der Waals surface area contributed by atoms with E-state index in [1.54, 1.807) is 4.90 Å². The highest BCUT2D eigenvalue weighted by atomic mass is 16.5. The highest BCUT2D eigenvalue weighted by molar-refractivity contribution is 5.83. The molecule has 2 atom stereocenters. The minimum Gasteiger partial charge on any atom is -0.455 e. The number of nitrogens with two attached hydrogens (primary N) is 1. The molecule has 2 rings (SSSR count). The molecular weight excluding hydrogens is 248 g/mol. The predicted octanol–water partition coefficient (Wildman–Crippen LogP) is -0.0905. The number of primary amides is 1. The minimum atomic E-state index is -0.304. The first-order chi connectivity index (χ1) is 8.99. The maximum atomic E-state index is 11.8. The van der Waals surface area contributed by atoms with Crippen LogP contribution in [-0.4, -0.2) is 42.4 Å². The van der Waals surface area contributed by atoms with Crippen molar-refractivity contribution in [3.63, 3.8) is 0 Å². The first-order valence-corrected chi connectivity index (χ1v) is 6.72. The third kappa shape index (κ3) is 3.45. The maximum absolute atomic E-state index is 11.8. The summed E-state index contributed by atoms with van der Waals surface area (Å²) in [7, 11) is 0. The molecule has 0 aromatic rings. The zero-order valence-electron chi connectivity index (χ0n) is 11.1. The standard InChI is InChI=1S/C13H20N2O4/c1-8-6-10(8)13(18)19-7-11(16)15-4-2-9(3-5-15)12(14)17/h8-10H,2-7H2,1H3,(H2,14,17)/t8-,10+/m1/s1. The van der Waals surface area contributed by atoms with Gasteiger partial charge in [-0.3, -0.25) is 14.4 Å². The molecule has 1 aliphatic carbocycles. The summed E-state index contributed by atoms with van der Waals surface area (Å²) in [5, 5.41) is 0. The van der Waals surface area contributed by atoms with Crippen LogP contribution in [0.4, 0.5) is 0 Å². The lowest BCUT2D eigenvalue weighted by molar-refractivity contribution is -0.154. The van der Waals surface area contributed by atoms with Gasteiger partial charge in [-0.15, -0.1) is 0 Å². The second-order valence-electron chi connectivity index (χ2n) is 5.48. The van der Waals surface area contributed by atoms with Crippen LogP contribution < -0.4 is 5.73 Å². The lowest BCUT2D eigenvalue weighted by Crippen LogP contribution is -2.43. The van der Waals surface area contributed by atoms with Gasteiger partial charge in [-0.1, -0.05) is 6.92 Å². The smallest absolute Gasteiger partial charge is 0.309 e. The molecule has 2 aliphatic rings. The molecule has 6 nitrogen and oxygen atoms in total. The Morgan fingerprint density at radius 1 is 1.26 bits per heavy atom. The van der Waals surface area contributed by atoms with E-state index in [1.165, 1.54) is 0 Å². The van der Waals surface area contributed by atoms with Crippen LogP contribution in [-0.2, 0) is 19.1 Å². The summed E-state index contributed by atoms with van der Waals surface area (Å²) in [5.74, 6) is -0.542. The van der Waals surface area contributed by atoms with Crippen LogP contribution >= 0.6 is 0 Å². The molecule has 2 amide bonds. The molecule has 0 radical (unpaired) electrons. The van der Waals surface area contributed by atoms with Crippen LogP contribution in [0.3, 0.4) is 0 Å². The molecule has 1 saturated carbocycles. The first-order valence-electron chi connectivity index (χ1n) is 6.72. The number of likely N-dealkylation sites (tertiary alicyclic amines) is 1. The van der Waals surface area contributed by atoms with E-state index < -0.39 is 0 Å². The molecule has 106 valence electrons. The van der Waals surface area contributed by atoms with Gasteiger partial charge in [0.25, 0.3) is 5.91 Å².